The quantitative estimate of drug-likeness (QED) is 0.637. The second-order valence-electron chi connectivity index (χ2n) is 7.04. The first-order chi connectivity index (χ1) is 14.4. The van der Waals surface area contributed by atoms with Crippen molar-refractivity contribution in [3.8, 4) is 17.2 Å². The van der Waals surface area contributed by atoms with Crippen LogP contribution in [0.15, 0.2) is 42.5 Å². The lowest BCUT2D eigenvalue weighted by molar-refractivity contribution is -0.115. The minimum Gasteiger partial charge on any atom is -0.504 e. The number of hydrogen-bond acceptors (Lipinski definition) is 5. The molecule has 0 fully saturated rings. The van der Waals surface area contributed by atoms with Crippen LogP contribution in [0.3, 0.4) is 0 Å². The average molecular weight is 428 g/mol. The van der Waals surface area contributed by atoms with Crippen molar-refractivity contribution in [1.82, 2.24) is 9.78 Å². The first-order valence-corrected chi connectivity index (χ1v) is 10.6. The van der Waals surface area contributed by atoms with E-state index in [2.05, 4.69) is 10.4 Å². The van der Waals surface area contributed by atoms with Gasteiger partial charge in [0.2, 0.25) is 5.91 Å². The molecule has 0 aliphatic carbocycles. The maximum atomic E-state index is 13.4. The molecule has 1 amide bonds. The van der Waals surface area contributed by atoms with E-state index < -0.39 is 0 Å². The molecule has 2 atom stereocenters. The van der Waals surface area contributed by atoms with Crippen LogP contribution < -0.4 is 10.1 Å². The number of rotatable bonds is 4. The van der Waals surface area contributed by atoms with Gasteiger partial charge in [-0.3, -0.25) is 4.79 Å². The summed E-state index contributed by atoms with van der Waals surface area (Å²) in [7, 11) is 0. The van der Waals surface area contributed by atoms with Gasteiger partial charge in [0, 0.05) is 5.56 Å². The summed E-state index contributed by atoms with van der Waals surface area (Å²) < 4.78 is 20.6. The molecule has 0 bridgehead atoms. The number of ether oxygens (including phenoxy) is 1. The van der Waals surface area contributed by atoms with Crippen LogP contribution in [0, 0.1) is 12.7 Å². The van der Waals surface area contributed by atoms with Crippen molar-refractivity contribution in [3.05, 3.63) is 65.1 Å². The van der Waals surface area contributed by atoms with E-state index in [4.69, 9.17) is 4.74 Å². The molecular formula is C22H22FN3O3S. The van der Waals surface area contributed by atoms with E-state index >= 15 is 0 Å². The van der Waals surface area contributed by atoms with Gasteiger partial charge in [0.15, 0.2) is 11.5 Å². The second kappa shape index (κ2) is 8.02. The molecule has 1 aromatic heterocycles. The predicted molar refractivity (Wildman–Crippen MR) is 115 cm³/mol. The topological polar surface area (TPSA) is 76.4 Å². The summed E-state index contributed by atoms with van der Waals surface area (Å²) in [6.07, 6.45) is 0. The summed E-state index contributed by atoms with van der Waals surface area (Å²) in [4.78, 5) is 12.7. The van der Waals surface area contributed by atoms with Crippen molar-refractivity contribution in [1.29, 1.82) is 0 Å². The third-order valence-corrected chi connectivity index (χ3v) is 6.38. The number of amides is 1. The number of nitrogens with zero attached hydrogens (tertiary/aromatic N) is 2. The number of aromatic nitrogens is 2. The number of fused-ring (bicyclic) bond motifs is 1. The van der Waals surface area contributed by atoms with E-state index in [0.717, 1.165) is 16.8 Å². The number of aromatic hydroxyl groups is 1. The normalized spacial score (nSPS) is 18.5. The van der Waals surface area contributed by atoms with E-state index in [0.29, 0.717) is 23.9 Å². The smallest absolute Gasteiger partial charge is 0.238 e. The van der Waals surface area contributed by atoms with Gasteiger partial charge < -0.3 is 15.2 Å². The molecule has 2 heterocycles. The molecule has 0 radical (unpaired) electrons. The number of nitrogens with one attached hydrogen (secondary N) is 1. The van der Waals surface area contributed by atoms with Gasteiger partial charge in [0.05, 0.1) is 28.5 Å². The van der Waals surface area contributed by atoms with E-state index in [1.165, 1.54) is 23.9 Å². The van der Waals surface area contributed by atoms with Crippen molar-refractivity contribution < 1.29 is 19.0 Å². The fourth-order valence-corrected chi connectivity index (χ4v) is 4.82. The fraction of sp³-hybridized carbons (Fsp3) is 0.273. The highest BCUT2D eigenvalue weighted by atomic mass is 32.2. The Morgan fingerprint density at radius 2 is 2.00 bits per heavy atom. The van der Waals surface area contributed by atoms with Gasteiger partial charge >= 0.3 is 0 Å². The molecule has 8 heteroatoms. The van der Waals surface area contributed by atoms with Crippen LogP contribution >= 0.6 is 11.8 Å². The summed E-state index contributed by atoms with van der Waals surface area (Å²) in [5.41, 5.74) is 3.18. The van der Waals surface area contributed by atoms with Gasteiger partial charge in [-0.2, -0.15) is 5.10 Å². The lowest BCUT2D eigenvalue weighted by Gasteiger charge is -2.19. The first kappa shape index (κ1) is 20.3. The maximum absolute atomic E-state index is 13.4. The summed E-state index contributed by atoms with van der Waals surface area (Å²) in [5, 5.41) is 17.2. The zero-order valence-corrected chi connectivity index (χ0v) is 17.7. The minimum atomic E-state index is -0.340. The molecule has 0 spiro atoms. The van der Waals surface area contributed by atoms with Gasteiger partial charge in [0.1, 0.15) is 11.6 Å². The third kappa shape index (κ3) is 3.63. The van der Waals surface area contributed by atoms with Gasteiger partial charge in [-0.25, -0.2) is 9.07 Å². The van der Waals surface area contributed by atoms with Crippen molar-refractivity contribution in [2.24, 2.45) is 0 Å². The number of anilines is 1. The number of thioether (sulfide) groups is 1. The number of carbonyl (C=O) groups is 1. The molecule has 0 saturated carbocycles. The molecule has 1 aliphatic heterocycles. The molecule has 1 aliphatic rings. The highest BCUT2D eigenvalue weighted by Gasteiger charge is 2.34. The van der Waals surface area contributed by atoms with Crippen LogP contribution in [0.2, 0.25) is 0 Å². The van der Waals surface area contributed by atoms with E-state index in [9.17, 15) is 14.3 Å². The lowest BCUT2D eigenvalue weighted by Crippen LogP contribution is -2.22. The van der Waals surface area contributed by atoms with E-state index in [1.807, 2.05) is 26.8 Å². The Balaban J connectivity index is 1.88. The molecular weight excluding hydrogens is 405 g/mol. The zero-order chi connectivity index (χ0) is 21.4. The Hall–Kier alpha value is -3.00. The Morgan fingerprint density at radius 1 is 1.27 bits per heavy atom. The highest BCUT2D eigenvalue weighted by Crippen LogP contribution is 2.47. The Kier molecular flexibility index (Phi) is 5.42. The molecule has 2 N–H and O–H groups in total. The average Bonchev–Trinajstić information content (AvgIpc) is 2.96. The molecule has 30 heavy (non-hydrogen) atoms. The van der Waals surface area contributed by atoms with Gasteiger partial charge in [-0.15, -0.1) is 11.8 Å². The maximum Gasteiger partial charge on any atom is 0.238 e. The van der Waals surface area contributed by atoms with Crippen LogP contribution in [0.1, 0.15) is 35.9 Å². The zero-order valence-electron chi connectivity index (χ0n) is 16.8. The largest absolute Gasteiger partial charge is 0.504 e. The van der Waals surface area contributed by atoms with Crippen molar-refractivity contribution in [2.75, 3.05) is 11.9 Å². The van der Waals surface area contributed by atoms with Crippen LogP contribution in [0.5, 0.6) is 11.5 Å². The predicted octanol–water partition coefficient (Wildman–Crippen LogP) is 4.59. The number of hydrogen-bond donors (Lipinski definition) is 2. The standard InChI is InChI=1S/C22H22FN3O3S/c1-4-29-18-11-14(5-10-17(18)27)20-19-12(2)25-26(16-8-6-15(23)7-9-16)21(19)24-22(28)13(3)30-20/h5-11,13,20,27H,4H2,1-3H3,(H,24,28). The third-order valence-electron chi connectivity index (χ3n) is 4.98. The number of halogens is 1. The van der Waals surface area contributed by atoms with Gasteiger partial charge in [-0.1, -0.05) is 6.07 Å². The number of benzene rings is 2. The molecule has 2 unspecified atom stereocenters. The molecule has 0 saturated heterocycles. The Bertz CT molecular complexity index is 1100. The second-order valence-corrected chi connectivity index (χ2v) is 8.49. The van der Waals surface area contributed by atoms with Crippen molar-refractivity contribution in [3.63, 3.8) is 0 Å². The minimum absolute atomic E-state index is 0.0698. The fourth-order valence-electron chi connectivity index (χ4n) is 3.51. The van der Waals surface area contributed by atoms with Crippen molar-refractivity contribution in [2.45, 2.75) is 31.3 Å². The van der Waals surface area contributed by atoms with Crippen LogP contribution in [-0.2, 0) is 4.79 Å². The number of carbonyl (C=O) groups excluding carboxylic acids is 1. The molecule has 156 valence electrons. The summed E-state index contributed by atoms with van der Waals surface area (Å²) >= 11 is 1.51. The SMILES string of the molecule is CCOc1cc(C2SC(C)C(=O)Nc3c2c(C)nn3-c2ccc(F)cc2)ccc1O. The monoisotopic (exact) mass is 427 g/mol. The Morgan fingerprint density at radius 3 is 2.70 bits per heavy atom. The van der Waals surface area contributed by atoms with Gasteiger partial charge in [-0.05, 0) is 62.7 Å². The summed E-state index contributed by atoms with van der Waals surface area (Å²) in [6.45, 7) is 6.02. The highest BCUT2D eigenvalue weighted by molar-refractivity contribution is 8.01. The molecule has 2 aromatic carbocycles. The molecule has 3 aromatic rings. The number of aryl methyl sites for hydroxylation is 1. The van der Waals surface area contributed by atoms with Gasteiger partial charge in [0.25, 0.3) is 0 Å². The first-order valence-electron chi connectivity index (χ1n) is 9.66. The summed E-state index contributed by atoms with van der Waals surface area (Å²) in [5.74, 6) is 0.567. The van der Waals surface area contributed by atoms with Crippen LogP contribution in [-0.4, -0.2) is 32.7 Å². The van der Waals surface area contributed by atoms with Crippen LogP contribution in [0.25, 0.3) is 5.69 Å². The lowest BCUT2D eigenvalue weighted by atomic mass is 10.0. The van der Waals surface area contributed by atoms with Crippen LogP contribution in [0.4, 0.5) is 10.2 Å². The summed E-state index contributed by atoms with van der Waals surface area (Å²) in [6, 6.07) is 11.2. The van der Waals surface area contributed by atoms with E-state index in [1.54, 1.807) is 28.9 Å². The number of phenolic OH excluding ortho intramolecular Hbond substituents is 1. The molecule has 4 rings (SSSR count). The van der Waals surface area contributed by atoms with E-state index in [-0.39, 0.29) is 28.0 Å². The Labute approximate surface area is 178 Å². The molecule has 6 nitrogen and oxygen atoms in total. The van der Waals surface area contributed by atoms with Crippen molar-refractivity contribution >= 4 is 23.5 Å². The number of phenols is 1.